The lowest BCUT2D eigenvalue weighted by Gasteiger charge is -2.27. The number of ether oxygens (including phenoxy) is 3. The molecule has 1 N–H and O–H groups in total. The number of carbonyl (C=O) groups excluding carboxylic acids is 2. The lowest BCUT2D eigenvalue weighted by molar-refractivity contribution is -0.157. The second-order valence-electron chi connectivity index (χ2n) is 6.20. The zero-order chi connectivity index (χ0) is 20.5. The van der Waals surface area contributed by atoms with Gasteiger partial charge in [-0.15, -0.1) is 0 Å². The van der Waals surface area contributed by atoms with Gasteiger partial charge in [0.15, 0.2) is 0 Å². The molecule has 0 fully saturated rings. The minimum absolute atomic E-state index is 0. The molecule has 1 amide bonds. The third-order valence-corrected chi connectivity index (χ3v) is 3.96. The van der Waals surface area contributed by atoms with Crippen molar-refractivity contribution in [2.24, 2.45) is 0 Å². The highest BCUT2D eigenvalue weighted by Gasteiger charge is 2.43. The van der Waals surface area contributed by atoms with Gasteiger partial charge in [0.2, 0.25) is 4.38 Å². The van der Waals surface area contributed by atoms with Crippen molar-refractivity contribution >= 4 is 40.4 Å². The number of hydrogen-bond acceptors (Lipinski definition) is 7. The smallest absolute Gasteiger partial charge is 0.408 e. The van der Waals surface area contributed by atoms with Crippen molar-refractivity contribution in [2.45, 2.75) is 71.5 Å². The molecule has 2 unspecified atom stereocenters. The van der Waals surface area contributed by atoms with Crippen molar-refractivity contribution in [3.63, 3.8) is 0 Å². The number of halogens is 3. The van der Waals surface area contributed by atoms with Crippen LogP contribution >= 0.6 is 24.0 Å². The summed E-state index contributed by atoms with van der Waals surface area (Å²) < 4.78 is 54.7. The molecule has 160 valence electrons. The molecule has 0 aliphatic carbocycles. The first kappa shape index (κ1) is 28.0. The van der Waals surface area contributed by atoms with Crippen molar-refractivity contribution in [1.29, 1.82) is 0 Å². The molecule has 0 aliphatic heterocycles. The fourth-order valence-electron chi connectivity index (χ4n) is 1.64. The maximum absolute atomic E-state index is 13.3. The van der Waals surface area contributed by atoms with Crippen LogP contribution < -0.4 is 5.32 Å². The topological polar surface area (TPSA) is 73.9 Å². The number of alkyl carbamates (subject to hydrolysis) is 1. The fraction of sp³-hybridized carbons (Fsp3) is 0.812. The summed E-state index contributed by atoms with van der Waals surface area (Å²) in [5, 5.41) is 0.951. The van der Waals surface area contributed by atoms with Crippen molar-refractivity contribution in [3.8, 4) is 0 Å². The molecular weight excluding hydrogens is 407 g/mol. The van der Waals surface area contributed by atoms with Gasteiger partial charge in [0.1, 0.15) is 18.2 Å². The van der Waals surface area contributed by atoms with E-state index in [1.165, 1.54) is 20.8 Å². The Morgan fingerprint density at radius 1 is 1.19 bits per heavy atom. The van der Waals surface area contributed by atoms with E-state index in [2.05, 4.69) is 0 Å². The number of amides is 1. The zero-order valence-corrected chi connectivity index (χ0v) is 16.9. The molecule has 11 heteroatoms. The van der Waals surface area contributed by atoms with E-state index in [4.69, 9.17) is 26.4 Å². The highest BCUT2D eigenvalue weighted by atomic mass is 32.2. The summed E-state index contributed by atoms with van der Waals surface area (Å²) in [5.74, 6) is -0.637. The number of alkyl halides is 3. The summed E-state index contributed by atoms with van der Waals surface area (Å²) >= 11 is 5.76. The van der Waals surface area contributed by atoms with E-state index in [0.717, 1.165) is 18.7 Å². The van der Waals surface area contributed by atoms with E-state index in [1.54, 1.807) is 6.92 Å². The molecule has 0 radical (unpaired) electrons. The second-order valence-corrected chi connectivity index (χ2v) is 8.10. The summed E-state index contributed by atoms with van der Waals surface area (Å²) in [5.41, 5.74) is -0.942. The second kappa shape index (κ2) is 12.3. The van der Waals surface area contributed by atoms with E-state index >= 15 is 0 Å². The number of hydrogen-bond donors (Lipinski definition) is 1. The van der Waals surface area contributed by atoms with E-state index in [9.17, 15) is 22.8 Å². The molecule has 27 heavy (non-hydrogen) atoms. The SMILES string of the molecule is C.CCOC(=S)SC(COC(C)=O)CC(NC(=O)OC(C)(C)C)C(F)(F)F. The Balaban J connectivity index is 0. The molecular formula is C16H28F3NO5S2. The average Bonchev–Trinajstić information content (AvgIpc) is 2.40. The lowest BCUT2D eigenvalue weighted by Crippen LogP contribution is -2.49. The van der Waals surface area contributed by atoms with Crippen molar-refractivity contribution in [3.05, 3.63) is 0 Å². The first-order valence-electron chi connectivity index (χ1n) is 7.77. The number of rotatable bonds is 7. The summed E-state index contributed by atoms with van der Waals surface area (Å²) in [7, 11) is 0. The summed E-state index contributed by atoms with van der Waals surface area (Å²) in [6.45, 7) is 7.37. The Morgan fingerprint density at radius 2 is 1.74 bits per heavy atom. The quantitative estimate of drug-likeness (QED) is 0.468. The molecule has 0 spiro atoms. The minimum Gasteiger partial charge on any atom is -0.479 e. The van der Waals surface area contributed by atoms with E-state index < -0.39 is 41.6 Å². The Labute approximate surface area is 167 Å². The molecule has 0 saturated carbocycles. The van der Waals surface area contributed by atoms with Gasteiger partial charge in [-0.05, 0) is 46.3 Å². The van der Waals surface area contributed by atoms with Crippen LogP contribution in [0.3, 0.4) is 0 Å². The highest BCUT2D eigenvalue weighted by Crippen LogP contribution is 2.29. The number of thiocarbonyl (C=S) groups is 1. The molecule has 0 saturated heterocycles. The number of thioether (sulfide) groups is 1. The number of nitrogens with one attached hydrogen (secondary N) is 1. The van der Waals surface area contributed by atoms with Crippen molar-refractivity contribution < 1.29 is 37.0 Å². The molecule has 0 aliphatic rings. The molecule has 0 aromatic rings. The summed E-state index contributed by atoms with van der Waals surface area (Å²) in [6.07, 6.45) is -6.49. The molecule has 0 aromatic carbocycles. The van der Waals surface area contributed by atoms with E-state index in [0.29, 0.717) is 0 Å². The summed E-state index contributed by atoms with van der Waals surface area (Å²) in [6, 6.07) is -2.20. The molecule has 0 heterocycles. The third-order valence-electron chi connectivity index (χ3n) is 2.58. The minimum atomic E-state index is -4.72. The van der Waals surface area contributed by atoms with Crippen molar-refractivity contribution in [1.82, 2.24) is 5.32 Å². The maximum Gasteiger partial charge on any atom is 0.408 e. The van der Waals surface area contributed by atoms with Gasteiger partial charge in [-0.3, -0.25) is 4.79 Å². The Morgan fingerprint density at radius 3 is 2.15 bits per heavy atom. The first-order chi connectivity index (χ1) is 11.7. The lowest BCUT2D eigenvalue weighted by atomic mass is 10.1. The van der Waals surface area contributed by atoms with Gasteiger partial charge < -0.3 is 19.5 Å². The van der Waals surface area contributed by atoms with Gasteiger partial charge in [0, 0.05) is 12.2 Å². The maximum atomic E-state index is 13.3. The van der Waals surface area contributed by atoms with Gasteiger partial charge in [-0.2, -0.15) is 13.2 Å². The van der Waals surface area contributed by atoms with Gasteiger partial charge >= 0.3 is 18.2 Å². The largest absolute Gasteiger partial charge is 0.479 e. The standard InChI is InChI=1S/C15H24F3NO5S2.CH4/c1-6-22-13(25)26-10(8-23-9(2)20)7-11(15(16,17)18)19-12(21)24-14(3,4)5;/h10-11H,6-8H2,1-5H3,(H,19,21);1H4. The van der Waals surface area contributed by atoms with Crippen LogP contribution in [0.5, 0.6) is 0 Å². The highest BCUT2D eigenvalue weighted by molar-refractivity contribution is 8.23. The van der Waals surface area contributed by atoms with E-state index in [-0.39, 0.29) is 25.0 Å². The monoisotopic (exact) mass is 435 g/mol. The fourth-order valence-corrected chi connectivity index (χ4v) is 3.04. The first-order valence-corrected chi connectivity index (χ1v) is 9.06. The summed E-state index contributed by atoms with van der Waals surface area (Å²) in [4.78, 5) is 22.7. The average molecular weight is 436 g/mol. The van der Waals surface area contributed by atoms with Crippen LogP contribution in [0.25, 0.3) is 0 Å². The van der Waals surface area contributed by atoms with Gasteiger partial charge in [0.05, 0.1) is 6.61 Å². The van der Waals surface area contributed by atoms with Crippen LogP contribution in [0, 0.1) is 0 Å². The molecule has 2 atom stereocenters. The Hall–Kier alpha value is -1.23. The van der Waals surface area contributed by atoms with Crippen LogP contribution in [0.2, 0.25) is 0 Å². The molecule has 0 rings (SSSR count). The molecule has 6 nitrogen and oxygen atoms in total. The van der Waals surface area contributed by atoms with Crippen LogP contribution in [0.4, 0.5) is 18.0 Å². The predicted molar refractivity (Wildman–Crippen MR) is 103 cm³/mol. The normalized spacial score (nSPS) is 13.6. The van der Waals surface area contributed by atoms with Crippen LogP contribution in [-0.4, -0.2) is 52.7 Å². The van der Waals surface area contributed by atoms with Crippen LogP contribution in [-0.2, 0) is 19.0 Å². The van der Waals surface area contributed by atoms with Gasteiger partial charge in [0.25, 0.3) is 0 Å². The zero-order valence-electron chi connectivity index (χ0n) is 15.3. The Bertz CT molecular complexity index is 495. The number of esters is 1. The van der Waals surface area contributed by atoms with Gasteiger partial charge in [-0.1, -0.05) is 19.2 Å². The third kappa shape index (κ3) is 14.5. The van der Waals surface area contributed by atoms with Gasteiger partial charge in [-0.25, -0.2) is 4.79 Å². The van der Waals surface area contributed by atoms with Crippen molar-refractivity contribution in [2.75, 3.05) is 13.2 Å². The number of carbonyl (C=O) groups is 2. The van der Waals surface area contributed by atoms with Crippen LogP contribution in [0.15, 0.2) is 0 Å². The predicted octanol–water partition coefficient (Wildman–Crippen LogP) is 4.45. The Kier molecular flexibility index (Phi) is 12.7. The molecule has 0 bridgehead atoms. The van der Waals surface area contributed by atoms with E-state index in [1.807, 2.05) is 5.32 Å². The van der Waals surface area contributed by atoms with Crippen LogP contribution in [0.1, 0.15) is 48.5 Å². The molecule has 0 aromatic heterocycles.